The van der Waals surface area contributed by atoms with Crippen molar-refractivity contribution >= 4 is 0 Å². The van der Waals surface area contributed by atoms with Crippen molar-refractivity contribution in [1.29, 1.82) is 0 Å². The van der Waals surface area contributed by atoms with Gasteiger partial charge in [-0.15, -0.1) is 0 Å². The Bertz CT molecular complexity index is 438. The lowest BCUT2D eigenvalue weighted by atomic mass is 10.0. The fourth-order valence-electron chi connectivity index (χ4n) is 2.18. The summed E-state index contributed by atoms with van der Waals surface area (Å²) in [7, 11) is 0. The summed E-state index contributed by atoms with van der Waals surface area (Å²) in [5.41, 5.74) is 16.3. The van der Waals surface area contributed by atoms with Gasteiger partial charge in [0.1, 0.15) is 0 Å². The molecule has 0 spiro atoms. The molecule has 0 aromatic heterocycles. The first kappa shape index (κ1) is 13.8. The molecule has 2 aromatic carbocycles. The normalized spacial score (nSPS) is 10.6. The van der Waals surface area contributed by atoms with E-state index in [-0.39, 0.29) is 0 Å². The molecule has 2 aromatic rings. The molecule has 2 nitrogen and oxygen atoms in total. The molecule has 2 rings (SSSR count). The van der Waals surface area contributed by atoms with Gasteiger partial charge in [0.15, 0.2) is 0 Å². The highest BCUT2D eigenvalue weighted by Crippen LogP contribution is 2.10. The molecule has 0 saturated carbocycles. The second kappa shape index (κ2) is 7.07. The number of nitrogens with two attached hydrogens (primary N) is 2. The van der Waals surface area contributed by atoms with E-state index in [4.69, 9.17) is 11.5 Å². The molecule has 2 heteroatoms. The highest BCUT2D eigenvalue weighted by Gasteiger charge is 1.97. The van der Waals surface area contributed by atoms with E-state index in [9.17, 15) is 0 Å². The lowest BCUT2D eigenvalue weighted by Crippen LogP contribution is -1.97. The number of hydrogen-bond acceptors (Lipinski definition) is 2. The van der Waals surface area contributed by atoms with Crippen LogP contribution < -0.4 is 11.5 Å². The van der Waals surface area contributed by atoms with Gasteiger partial charge >= 0.3 is 0 Å². The van der Waals surface area contributed by atoms with Gasteiger partial charge in [0.25, 0.3) is 0 Å². The Morgan fingerprint density at radius 1 is 0.526 bits per heavy atom. The van der Waals surface area contributed by atoms with E-state index in [1.54, 1.807) is 0 Å². The van der Waals surface area contributed by atoms with Crippen molar-refractivity contribution in [2.75, 3.05) is 0 Å². The van der Waals surface area contributed by atoms with Crippen LogP contribution in [0.5, 0.6) is 0 Å². The van der Waals surface area contributed by atoms with Gasteiger partial charge in [0.2, 0.25) is 0 Å². The van der Waals surface area contributed by atoms with Crippen molar-refractivity contribution in [3.05, 3.63) is 70.8 Å². The molecule has 0 unspecified atom stereocenters. The van der Waals surface area contributed by atoms with Crippen LogP contribution in [0, 0.1) is 0 Å². The molecule has 0 bridgehead atoms. The van der Waals surface area contributed by atoms with E-state index < -0.39 is 0 Å². The standard InChI is InChI=1S/C17H22N2/c18-12-16-8-4-14(5-9-16)2-1-3-15-6-10-17(13-19)11-7-15/h4-11H,1-3,12-13,18-19H2. The predicted octanol–water partition coefficient (Wildman–Crippen LogP) is 2.78. The summed E-state index contributed by atoms with van der Waals surface area (Å²) >= 11 is 0. The van der Waals surface area contributed by atoms with Gasteiger partial charge in [-0.2, -0.15) is 0 Å². The average molecular weight is 254 g/mol. The zero-order valence-corrected chi connectivity index (χ0v) is 11.3. The Hall–Kier alpha value is -1.64. The fourth-order valence-corrected chi connectivity index (χ4v) is 2.18. The first-order chi connectivity index (χ1) is 9.31. The minimum atomic E-state index is 0.619. The highest BCUT2D eigenvalue weighted by atomic mass is 14.5. The van der Waals surface area contributed by atoms with Crippen LogP contribution in [-0.2, 0) is 25.9 Å². The molecule has 100 valence electrons. The van der Waals surface area contributed by atoms with Gasteiger partial charge in [0, 0.05) is 13.1 Å². The summed E-state index contributed by atoms with van der Waals surface area (Å²) in [5.74, 6) is 0. The summed E-state index contributed by atoms with van der Waals surface area (Å²) in [6.07, 6.45) is 3.40. The average Bonchev–Trinajstić information content (AvgIpc) is 2.49. The smallest absolute Gasteiger partial charge is 0.0178 e. The number of rotatable bonds is 6. The number of benzene rings is 2. The van der Waals surface area contributed by atoms with Crippen molar-refractivity contribution in [3.8, 4) is 0 Å². The monoisotopic (exact) mass is 254 g/mol. The molecule has 0 aliphatic rings. The van der Waals surface area contributed by atoms with E-state index in [2.05, 4.69) is 48.5 Å². The molecule has 4 N–H and O–H groups in total. The van der Waals surface area contributed by atoms with Gasteiger partial charge in [-0.25, -0.2) is 0 Å². The maximum absolute atomic E-state index is 5.59. The maximum atomic E-state index is 5.59. The molecular weight excluding hydrogens is 232 g/mol. The highest BCUT2D eigenvalue weighted by molar-refractivity contribution is 5.24. The molecule has 0 heterocycles. The molecule has 0 atom stereocenters. The van der Waals surface area contributed by atoms with Gasteiger partial charge in [-0.05, 0) is 41.5 Å². The minimum Gasteiger partial charge on any atom is -0.326 e. The molecule has 19 heavy (non-hydrogen) atoms. The van der Waals surface area contributed by atoms with E-state index in [1.807, 2.05) is 0 Å². The number of aryl methyl sites for hydroxylation is 2. The molecule has 0 fully saturated rings. The van der Waals surface area contributed by atoms with E-state index >= 15 is 0 Å². The van der Waals surface area contributed by atoms with Gasteiger partial charge in [-0.3, -0.25) is 0 Å². The quantitative estimate of drug-likeness (QED) is 0.833. The Labute approximate surface area is 115 Å². The fraction of sp³-hybridized carbons (Fsp3) is 0.294. The predicted molar refractivity (Wildman–Crippen MR) is 80.7 cm³/mol. The molecule has 0 amide bonds. The van der Waals surface area contributed by atoms with E-state index in [0.717, 1.165) is 12.8 Å². The molecule has 0 saturated heterocycles. The van der Waals surface area contributed by atoms with Crippen molar-refractivity contribution in [3.63, 3.8) is 0 Å². The van der Waals surface area contributed by atoms with E-state index in [1.165, 1.54) is 28.7 Å². The third kappa shape index (κ3) is 4.19. The Kier molecular flexibility index (Phi) is 5.13. The second-order valence-corrected chi connectivity index (χ2v) is 4.89. The summed E-state index contributed by atoms with van der Waals surface area (Å²) in [6, 6.07) is 17.2. The first-order valence-electron chi connectivity index (χ1n) is 6.87. The van der Waals surface area contributed by atoms with Crippen molar-refractivity contribution in [2.24, 2.45) is 11.5 Å². The molecular formula is C17H22N2. The lowest BCUT2D eigenvalue weighted by Gasteiger charge is -2.04. The van der Waals surface area contributed by atoms with Crippen LogP contribution in [0.4, 0.5) is 0 Å². The largest absolute Gasteiger partial charge is 0.326 e. The molecule has 0 aliphatic carbocycles. The topological polar surface area (TPSA) is 52.0 Å². The number of hydrogen-bond donors (Lipinski definition) is 2. The van der Waals surface area contributed by atoms with Crippen LogP contribution in [0.2, 0.25) is 0 Å². The Balaban J connectivity index is 1.81. The first-order valence-corrected chi connectivity index (χ1v) is 6.87. The van der Waals surface area contributed by atoms with Gasteiger partial charge < -0.3 is 11.5 Å². The molecule has 0 radical (unpaired) electrons. The second-order valence-electron chi connectivity index (χ2n) is 4.89. The minimum absolute atomic E-state index is 0.619. The summed E-state index contributed by atoms with van der Waals surface area (Å²) in [6.45, 7) is 1.24. The third-order valence-corrected chi connectivity index (χ3v) is 3.45. The SMILES string of the molecule is NCc1ccc(CCCc2ccc(CN)cc2)cc1. The van der Waals surface area contributed by atoms with Crippen LogP contribution in [0.1, 0.15) is 28.7 Å². The lowest BCUT2D eigenvalue weighted by molar-refractivity contribution is 0.819. The van der Waals surface area contributed by atoms with Crippen LogP contribution in [0.15, 0.2) is 48.5 Å². The van der Waals surface area contributed by atoms with Crippen LogP contribution in [0.3, 0.4) is 0 Å². The Morgan fingerprint density at radius 3 is 1.16 bits per heavy atom. The zero-order valence-electron chi connectivity index (χ0n) is 11.3. The zero-order chi connectivity index (χ0) is 13.5. The van der Waals surface area contributed by atoms with Gasteiger partial charge in [0.05, 0.1) is 0 Å². The van der Waals surface area contributed by atoms with Crippen molar-refractivity contribution < 1.29 is 0 Å². The van der Waals surface area contributed by atoms with Crippen molar-refractivity contribution in [1.82, 2.24) is 0 Å². The summed E-state index contributed by atoms with van der Waals surface area (Å²) < 4.78 is 0. The van der Waals surface area contributed by atoms with Gasteiger partial charge in [-0.1, -0.05) is 48.5 Å². The summed E-state index contributed by atoms with van der Waals surface area (Å²) in [5, 5.41) is 0. The van der Waals surface area contributed by atoms with Crippen LogP contribution >= 0.6 is 0 Å². The third-order valence-electron chi connectivity index (χ3n) is 3.45. The van der Waals surface area contributed by atoms with Crippen molar-refractivity contribution in [2.45, 2.75) is 32.4 Å². The van der Waals surface area contributed by atoms with Crippen LogP contribution in [0.25, 0.3) is 0 Å². The van der Waals surface area contributed by atoms with Crippen LogP contribution in [-0.4, -0.2) is 0 Å². The maximum Gasteiger partial charge on any atom is 0.0178 e. The summed E-state index contributed by atoms with van der Waals surface area (Å²) in [4.78, 5) is 0. The molecule has 0 aliphatic heterocycles. The van der Waals surface area contributed by atoms with E-state index in [0.29, 0.717) is 13.1 Å². The Morgan fingerprint density at radius 2 is 0.842 bits per heavy atom.